The molecule has 1 aromatic carbocycles. The van der Waals surface area contributed by atoms with Crippen molar-refractivity contribution in [2.45, 2.75) is 12.8 Å². The topological polar surface area (TPSA) is 59.1 Å². The van der Waals surface area contributed by atoms with Gasteiger partial charge in [0.2, 0.25) is 10.0 Å². The molecule has 1 atom stereocenters. The van der Waals surface area contributed by atoms with Crippen LogP contribution in [0.5, 0.6) is 0 Å². The maximum atomic E-state index is 12.1. The first-order chi connectivity index (χ1) is 9.46. The first kappa shape index (κ1) is 15.0. The number of halogens is 1. The van der Waals surface area contributed by atoms with Gasteiger partial charge in [0, 0.05) is 10.7 Å². The molecule has 0 aliphatic carbocycles. The van der Waals surface area contributed by atoms with Gasteiger partial charge in [0.05, 0.1) is 5.75 Å². The summed E-state index contributed by atoms with van der Waals surface area (Å²) in [6.07, 6.45) is 1.55. The molecule has 2 rings (SSSR count). The summed E-state index contributed by atoms with van der Waals surface area (Å²) >= 11 is 3.26. The highest BCUT2D eigenvalue weighted by molar-refractivity contribution is 9.10. The fourth-order valence-electron chi connectivity index (χ4n) is 1.84. The largest absolute Gasteiger partial charge is 0.267 e. The Morgan fingerprint density at radius 3 is 2.50 bits per heavy atom. The van der Waals surface area contributed by atoms with Gasteiger partial charge < -0.3 is 0 Å². The Labute approximate surface area is 127 Å². The van der Waals surface area contributed by atoms with Gasteiger partial charge in [-0.1, -0.05) is 37.3 Å². The van der Waals surface area contributed by atoms with Crippen molar-refractivity contribution < 1.29 is 8.42 Å². The minimum atomic E-state index is -3.42. The molecule has 0 bridgehead atoms. The number of aromatic nitrogens is 1. The molecule has 0 spiro atoms. The van der Waals surface area contributed by atoms with Gasteiger partial charge in [-0.15, -0.1) is 0 Å². The number of rotatable bonds is 5. The lowest BCUT2D eigenvalue weighted by Crippen LogP contribution is -2.21. The second-order valence-corrected chi connectivity index (χ2v) is 7.24. The van der Waals surface area contributed by atoms with E-state index < -0.39 is 10.0 Å². The lowest BCUT2D eigenvalue weighted by atomic mass is 10.0. The number of hydrogen-bond acceptors (Lipinski definition) is 3. The van der Waals surface area contributed by atoms with Crippen LogP contribution in [0.2, 0.25) is 0 Å². The van der Waals surface area contributed by atoms with Gasteiger partial charge in [-0.2, -0.15) is 0 Å². The Bertz CT molecular complexity index is 657. The summed E-state index contributed by atoms with van der Waals surface area (Å²) < 4.78 is 27.5. The van der Waals surface area contributed by atoms with Gasteiger partial charge in [-0.25, -0.2) is 13.4 Å². The number of hydrogen-bond donors (Lipinski definition) is 1. The van der Waals surface area contributed by atoms with Crippen molar-refractivity contribution in [1.82, 2.24) is 4.98 Å². The summed E-state index contributed by atoms with van der Waals surface area (Å²) in [6.45, 7) is 1.89. The van der Waals surface area contributed by atoms with E-state index >= 15 is 0 Å². The molecule has 4 nitrogen and oxygen atoms in total. The molecule has 20 heavy (non-hydrogen) atoms. The van der Waals surface area contributed by atoms with E-state index in [0.717, 1.165) is 10.0 Å². The van der Waals surface area contributed by atoms with Crippen molar-refractivity contribution in [3.63, 3.8) is 0 Å². The fourth-order valence-corrected chi connectivity index (χ4v) is 3.45. The predicted molar refractivity (Wildman–Crippen MR) is 84.2 cm³/mol. The van der Waals surface area contributed by atoms with Crippen molar-refractivity contribution in [3.05, 3.63) is 58.7 Å². The highest BCUT2D eigenvalue weighted by atomic mass is 79.9. The van der Waals surface area contributed by atoms with Crippen molar-refractivity contribution in [1.29, 1.82) is 0 Å². The van der Waals surface area contributed by atoms with Crippen molar-refractivity contribution >= 4 is 31.8 Å². The fraction of sp³-hybridized carbons (Fsp3) is 0.214. The van der Waals surface area contributed by atoms with E-state index in [1.54, 1.807) is 18.3 Å². The Morgan fingerprint density at radius 1 is 1.20 bits per heavy atom. The minimum Gasteiger partial charge on any atom is -0.267 e. The SMILES string of the molecule is CC(CS(=O)(=O)Nc1ccc(Br)cn1)c1ccccc1. The summed E-state index contributed by atoms with van der Waals surface area (Å²) in [4.78, 5) is 4.01. The van der Waals surface area contributed by atoms with Crippen molar-refractivity contribution in [2.75, 3.05) is 10.5 Å². The highest BCUT2D eigenvalue weighted by Gasteiger charge is 2.17. The average molecular weight is 355 g/mol. The second kappa shape index (κ2) is 6.37. The molecular formula is C14H15BrN2O2S. The van der Waals surface area contributed by atoms with E-state index in [2.05, 4.69) is 25.6 Å². The van der Waals surface area contributed by atoms with Crippen molar-refractivity contribution in [3.8, 4) is 0 Å². The second-order valence-electron chi connectivity index (χ2n) is 4.56. The summed E-state index contributed by atoms with van der Waals surface area (Å²) in [5.41, 5.74) is 1.00. The molecule has 1 heterocycles. The Kier molecular flexibility index (Phi) is 4.77. The number of nitrogens with zero attached hydrogens (tertiary/aromatic N) is 1. The zero-order valence-electron chi connectivity index (χ0n) is 11.0. The first-order valence-corrected chi connectivity index (χ1v) is 8.58. The smallest absolute Gasteiger partial charge is 0.234 e. The van der Waals surface area contributed by atoms with Gasteiger partial charge in [-0.05, 0) is 39.5 Å². The lowest BCUT2D eigenvalue weighted by molar-refractivity contribution is 0.595. The Morgan fingerprint density at radius 2 is 1.90 bits per heavy atom. The number of anilines is 1. The zero-order valence-corrected chi connectivity index (χ0v) is 13.4. The zero-order chi connectivity index (χ0) is 14.6. The molecule has 0 radical (unpaired) electrons. The first-order valence-electron chi connectivity index (χ1n) is 6.13. The summed E-state index contributed by atoms with van der Waals surface area (Å²) in [7, 11) is -3.42. The molecule has 0 amide bonds. The van der Waals surface area contributed by atoms with Crippen molar-refractivity contribution in [2.24, 2.45) is 0 Å². The van der Waals surface area contributed by atoms with E-state index in [4.69, 9.17) is 0 Å². The molecule has 0 saturated carbocycles. The van der Waals surface area contributed by atoms with Gasteiger partial charge >= 0.3 is 0 Å². The summed E-state index contributed by atoms with van der Waals surface area (Å²) in [5, 5.41) is 0. The monoisotopic (exact) mass is 354 g/mol. The van der Waals surface area contributed by atoms with Crippen LogP contribution in [0.1, 0.15) is 18.4 Å². The molecule has 1 N–H and O–H groups in total. The van der Waals surface area contributed by atoms with Gasteiger partial charge in [0.1, 0.15) is 5.82 Å². The molecule has 1 aromatic heterocycles. The quantitative estimate of drug-likeness (QED) is 0.894. The van der Waals surface area contributed by atoms with Crippen LogP contribution in [0.3, 0.4) is 0 Å². The highest BCUT2D eigenvalue weighted by Crippen LogP contribution is 2.18. The molecule has 2 aromatic rings. The Balaban J connectivity index is 2.06. The summed E-state index contributed by atoms with van der Waals surface area (Å²) in [6, 6.07) is 12.9. The van der Waals surface area contributed by atoms with Crippen LogP contribution in [0.15, 0.2) is 53.1 Å². The van der Waals surface area contributed by atoms with Crippen LogP contribution in [0.4, 0.5) is 5.82 Å². The van der Waals surface area contributed by atoms with Crippen LogP contribution in [-0.2, 0) is 10.0 Å². The molecule has 0 aliphatic rings. The lowest BCUT2D eigenvalue weighted by Gasteiger charge is -2.13. The van der Waals surface area contributed by atoms with Gasteiger partial charge in [-0.3, -0.25) is 4.72 Å². The van der Waals surface area contributed by atoms with Crippen LogP contribution >= 0.6 is 15.9 Å². The third-order valence-corrected chi connectivity index (χ3v) is 4.75. The van der Waals surface area contributed by atoms with Crippen LogP contribution < -0.4 is 4.72 Å². The molecule has 0 aliphatic heterocycles. The number of nitrogens with one attached hydrogen (secondary N) is 1. The van der Waals surface area contributed by atoms with E-state index in [1.165, 1.54) is 0 Å². The third-order valence-electron chi connectivity index (χ3n) is 2.83. The van der Waals surface area contributed by atoms with Gasteiger partial charge in [0.25, 0.3) is 0 Å². The Hall–Kier alpha value is -1.40. The maximum absolute atomic E-state index is 12.1. The number of benzene rings is 1. The minimum absolute atomic E-state index is 0.0226. The van der Waals surface area contributed by atoms with E-state index in [0.29, 0.717) is 5.82 Å². The maximum Gasteiger partial charge on any atom is 0.234 e. The predicted octanol–water partition coefficient (Wildman–Crippen LogP) is 3.39. The molecule has 6 heteroatoms. The third kappa shape index (κ3) is 4.31. The van der Waals surface area contributed by atoms with E-state index in [1.807, 2.05) is 37.3 Å². The van der Waals surface area contributed by atoms with Gasteiger partial charge in [0.15, 0.2) is 0 Å². The van der Waals surface area contributed by atoms with E-state index in [9.17, 15) is 8.42 Å². The number of pyridine rings is 1. The molecule has 106 valence electrons. The normalized spacial score (nSPS) is 12.9. The van der Waals surface area contributed by atoms with E-state index in [-0.39, 0.29) is 11.7 Å². The van der Waals surface area contributed by atoms with Crippen LogP contribution in [0, 0.1) is 0 Å². The summed E-state index contributed by atoms with van der Waals surface area (Å²) in [5.74, 6) is 0.270. The molecular weight excluding hydrogens is 340 g/mol. The molecule has 0 fully saturated rings. The number of sulfonamides is 1. The average Bonchev–Trinajstić information content (AvgIpc) is 2.41. The van der Waals surface area contributed by atoms with Crippen LogP contribution in [-0.4, -0.2) is 19.2 Å². The standard InChI is InChI=1S/C14H15BrN2O2S/c1-11(12-5-3-2-4-6-12)10-20(18,19)17-14-8-7-13(15)9-16-14/h2-9,11H,10H2,1H3,(H,16,17). The van der Waals surface area contributed by atoms with Crippen LogP contribution in [0.25, 0.3) is 0 Å². The molecule has 1 unspecified atom stereocenters. The molecule has 0 saturated heterocycles.